The van der Waals surface area contributed by atoms with Crippen LogP contribution in [-0.4, -0.2) is 11.2 Å². The number of hydrogen-bond acceptors (Lipinski definition) is 1. The molecule has 1 heteroatoms. The Labute approximate surface area is 126 Å². The van der Waals surface area contributed by atoms with E-state index in [1.54, 1.807) is 0 Å². The van der Waals surface area contributed by atoms with Crippen LogP contribution in [0.15, 0.2) is 0 Å². The number of fused-ring (bicyclic) bond motifs is 1. The number of aliphatic hydroxyl groups is 1. The predicted molar refractivity (Wildman–Crippen MR) is 86.6 cm³/mol. The third-order valence-electron chi connectivity index (χ3n) is 6.29. The second kappa shape index (κ2) is 6.38. The quantitative estimate of drug-likeness (QED) is 0.578. The SMILES string of the molecule is CC(O)CCCC(C)CCCC(C)CC1(C)C2C(C)C21. The largest absolute Gasteiger partial charge is 0.393 e. The van der Waals surface area contributed by atoms with Crippen LogP contribution in [0.1, 0.15) is 79.6 Å². The Morgan fingerprint density at radius 3 is 1.90 bits per heavy atom. The molecule has 0 radical (unpaired) electrons. The first-order chi connectivity index (χ1) is 9.36. The molecule has 2 fully saturated rings. The van der Waals surface area contributed by atoms with Gasteiger partial charge in [0.25, 0.3) is 0 Å². The maximum atomic E-state index is 9.27. The molecule has 20 heavy (non-hydrogen) atoms. The molecule has 0 aromatic rings. The molecule has 2 saturated carbocycles. The third kappa shape index (κ3) is 3.78. The average Bonchev–Trinajstić information content (AvgIpc) is 3.18. The fourth-order valence-electron chi connectivity index (χ4n) is 5.03. The number of hydrogen-bond donors (Lipinski definition) is 1. The molecule has 2 rings (SSSR count). The standard InChI is InChI=1S/C19H36O/c1-13(9-7-11-15(3)20)8-6-10-14(2)12-19(5)17-16(4)18(17)19/h13-18,20H,6-12H2,1-5H3. The van der Waals surface area contributed by atoms with Crippen LogP contribution in [0.3, 0.4) is 0 Å². The molecular formula is C19H36O. The van der Waals surface area contributed by atoms with Crippen molar-refractivity contribution in [1.29, 1.82) is 0 Å². The minimum Gasteiger partial charge on any atom is -0.393 e. The smallest absolute Gasteiger partial charge is 0.0512 e. The monoisotopic (exact) mass is 280 g/mol. The zero-order valence-corrected chi connectivity index (χ0v) is 14.4. The molecule has 2 aliphatic rings. The molecule has 2 aliphatic carbocycles. The van der Waals surface area contributed by atoms with E-state index in [9.17, 15) is 5.11 Å². The Morgan fingerprint density at radius 1 is 0.900 bits per heavy atom. The fraction of sp³-hybridized carbons (Fsp3) is 1.00. The molecule has 0 saturated heterocycles. The second-order valence-electron chi connectivity index (χ2n) is 8.54. The van der Waals surface area contributed by atoms with Gasteiger partial charge in [-0.3, -0.25) is 0 Å². The van der Waals surface area contributed by atoms with E-state index in [1.807, 2.05) is 6.92 Å². The van der Waals surface area contributed by atoms with Crippen molar-refractivity contribution in [2.75, 3.05) is 0 Å². The second-order valence-corrected chi connectivity index (χ2v) is 8.54. The highest BCUT2D eigenvalue weighted by Crippen LogP contribution is 2.83. The van der Waals surface area contributed by atoms with Gasteiger partial charge in [0.05, 0.1) is 6.10 Å². The molecule has 0 amide bonds. The van der Waals surface area contributed by atoms with Gasteiger partial charge in [-0.15, -0.1) is 0 Å². The van der Waals surface area contributed by atoms with E-state index in [2.05, 4.69) is 27.7 Å². The van der Waals surface area contributed by atoms with Crippen molar-refractivity contribution in [3.8, 4) is 0 Å². The van der Waals surface area contributed by atoms with Crippen LogP contribution in [0.5, 0.6) is 0 Å². The Balaban J connectivity index is 1.48. The van der Waals surface area contributed by atoms with Gasteiger partial charge in [0.2, 0.25) is 0 Å². The van der Waals surface area contributed by atoms with Crippen molar-refractivity contribution in [3.05, 3.63) is 0 Å². The van der Waals surface area contributed by atoms with Gasteiger partial charge in [0.1, 0.15) is 0 Å². The fourth-order valence-corrected chi connectivity index (χ4v) is 5.03. The zero-order chi connectivity index (χ0) is 14.9. The Kier molecular flexibility index (Phi) is 5.21. The van der Waals surface area contributed by atoms with Crippen LogP contribution in [0.2, 0.25) is 0 Å². The van der Waals surface area contributed by atoms with E-state index in [0.717, 1.165) is 41.4 Å². The minimum atomic E-state index is -0.115. The summed E-state index contributed by atoms with van der Waals surface area (Å²) < 4.78 is 0. The van der Waals surface area contributed by atoms with Crippen LogP contribution in [0, 0.1) is 35.0 Å². The molecule has 1 N–H and O–H groups in total. The minimum absolute atomic E-state index is 0.115. The summed E-state index contributed by atoms with van der Waals surface area (Å²) in [5.74, 6) is 5.02. The molecule has 118 valence electrons. The molecule has 0 spiro atoms. The van der Waals surface area contributed by atoms with Crippen LogP contribution in [0.4, 0.5) is 0 Å². The summed E-state index contributed by atoms with van der Waals surface area (Å²) in [4.78, 5) is 0. The number of aliphatic hydroxyl groups excluding tert-OH is 1. The first-order valence-electron chi connectivity index (χ1n) is 9.04. The van der Waals surface area contributed by atoms with E-state index in [4.69, 9.17) is 0 Å². The Hall–Kier alpha value is -0.0400. The van der Waals surface area contributed by atoms with E-state index in [0.29, 0.717) is 0 Å². The summed E-state index contributed by atoms with van der Waals surface area (Å²) >= 11 is 0. The summed E-state index contributed by atoms with van der Waals surface area (Å²) in [6, 6.07) is 0. The highest BCUT2D eigenvalue weighted by Gasteiger charge is 2.78. The summed E-state index contributed by atoms with van der Waals surface area (Å²) in [6.45, 7) is 11.7. The van der Waals surface area contributed by atoms with Crippen LogP contribution < -0.4 is 0 Å². The van der Waals surface area contributed by atoms with Gasteiger partial charge in [0, 0.05) is 0 Å². The van der Waals surface area contributed by atoms with Crippen molar-refractivity contribution >= 4 is 0 Å². The molecule has 0 heterocycles. The topological polar surface area (TPSA) is 20.2 Å². The zero-order valence-electron chi connectivity index (χ0n) is 14.4. The van der Waals surface area contributed by atoms with Crippen molar-refractivity contribution < 1.29 is 5.11 Å². The molecular weight excluding hydrogens is 244 g/mol. The van der Waals surface area contributed by atoms with Gasteiger partial charge in [0.15, 0.2) is 0 Å². The van der Waals surface area contributed by atoms with Gasteiger partial charge in [-0.25, -0.2) is 0 Å². The highest BCUT2D eigenvalue weighted by molar-refractivity contribution is 5.25. The molecule has 0 aromatic carbocycles. The third-order valence-corrected chi connectivity index (χ3v) is 6.29. The summed E-state index contributed by atoms with van der Waals surface area (Å²) in [5.41, 5.74) is 0.752. The normalized spacial score (nSPS) is 39.0. The van der Waals surface area contributed by atoms with Crippen molar-refractivity contribution in [1.82, 2.24) is 0 Å². The average molecular weight is 280 g/mol. The van der Waals surface area contributed by atoms with E-state index in [-0.39, 0.29) is 6.10 Å². The Bertz CT molecular complexity index is 299. The summed E-state index contributed by atoms with van der Waals surface area (Å²) in [6.07, 6.45) is 9.01. The predicted octanol–water partition coefficient (Wildman–Crippen LogP) is 5.27. The first-order valence-corrected chi connectivity index (χ1v) is 9.04. The van der Waals surface area contributed by atoms with Crippen LogP contribution in [-0.2, 0) is 0 Å². The van der Waals surface area contributed by atoms with Gasteiger partial charge in [-0.05, 0) is 54.8 Å². The molecule has 1 nitrogen and oxygen atoms in total. The molecule has 0 aromatic heterocycles. The van der Waals surface area contributed by atoms with Gasteiger partial charge < -0.3 is 5.11 Å². The summed E-state index contributed by atoms with van der Waals surface area (Å²) in [7, 11) is 0. The van der Waals surface area contributed by atoms with E-state index < -0.39 is 0 Å². The van der Waals surface area contributed by atoms with Crippen LogP contribution >= 0.6 is 0 Å². The van der Waals surface area contributed by atoms with Crippen LogP contribution in [0.25, 0.3) is 0 Å². The van der Waals surface area contributed by atoms with Crippen molar-refractivity contribution in [2.24, 2.45) is 35.0 Å². The number of rotatable bonds is 10. The lowest BCUT2D eigenvalue weighted by molar-refractivity contribution is 0.178. The van der Waals surface area contributed by atoms with Gasteiger partial charge in [-0.2, -0.15) is 0 Å². The maximum absolute atomic E-state index is 9.27. The first kappa shape index (κ1) is 16.3. The molecule has 0 aliphatic heterocycles. The Morgan fingerprint density at radius 2 is 1.40 bits per heavy atom. The van der Waals surface area contributed by atoms with E-state index in [1.165, 1.54) is 38.5 Å². The lowest BCUT2D eigenvalue weighted by Gasteiger charge is -2.24. The van der Waals surface area contributed by atoms with Crippen molar-refractivity contribution in [3.63, 3.8) is 0 Å². The van der Waals surface area contributed by atoms with Crippen molar-refractivity contribution in [2.45, 2.75) is 85.7 Å². The molecule has 0 bridgehead atoms. The van der Waals surface area contributed by atoms with Gasteiger partial charge >= 0.3 is 0 Å². The van der Waals surface area contributed by atoms with E-state index >= 15 is 0 Å². The highest BCUT2D eigenvalue weighted by atomic mass is 16.3. The lowest BCUT2D eigenvalue weighted by Crippen LogP contribution is -2.15. The maximum Gasteiger partial charge on any atom is 0.0512 e. The summed E-state index contributed by atoms with van der Waals surface area (Å²) in [5, 5.41) is 9.27. The molecule has 5 atom stereocenters. The lowest BCUT2D eigenvalue weighted by atomic mass is 9.81. The molecule has 5 unspecified atom stereocenters. The van der Waals surface area contributed by atoms with Gasteiger partial charge in [-0.1, -0.05) is 59.8 Å².